The van der Waals surface area contributed by atoms with Gasteiger partial charge in [-0.1, -0.05) is 12.1 Å². The van der Waals surface area contributed by atoms with Crippen LogP contribution in [-0.2, 0) is 12.8 Å². The Labute approximate surface area is 131 Å². The van der Waals surface area contributed by atoms with Crippen LogP contribution in [0.25, 0.3) is 0 Å². The fourth-order valence-electron chi connectivity index (χ4n) is 4.71. The van der Waals surface area contributed by atoms with Crippen molar-refractivity contribution < 1.29 is 4.42 Å². The van der Waals surface area contributed by atoms with Crippen LogP contribution in [0, 0.1) is 5.92 Å². The number of hydrogen-bond acceptors (Lipinski definition) is 3. The molecule has 3 heteroatoms. The summed E-state index contributed by atoms with van der Waals surface area (Å²) in [7, 11) is 0. The van der Waals surface area contributed by atoms with E-state index in [0.717, 1.165) is 12.3 Å². The van der Waals surface area contributed by atoms with Crippen LogP contribution in [0.3, 0.4) is 0 Å². The SMILES string of the molecule is c1coc([C@@H]2Nc3c(ccc4c3CCCC4)[C@@H]3NCC[C@H]23)c1. The summed E-state index contributed by atoms with van der Waals surface area (Å²) in [5.41, 5.74) is 5.99. The standard InChI is InChI=1S/C19H22N2O/c1-2-5-13-12(4-1)7-8-14-17-15(9-10-20-17)19(21-18(13)14)16-6-3-11-22-16/h3,6-8,11,15,17,19-21H,1-2,4-5,9-10H2/t15-,17-,19+/m0/s1. The first-order chi connectivity index (χ1) is 10.9. The first-order valence-corrected chi connectivity index (χ1v) is 8.60. The second-order valence-corrected chi connectivity index (χ2v) is 6.90. The molecular weight excluding hydrogens is 272 g/mol. The van der Waals surface area contributed by atoms with Crippen LogP contribution in [0.2, 0.25) is 0 Å². The van der Waals surface area contributed by atoms with E-state index in [9.17, 15) is 0 Å². The van der Waals surface area contributed by atoms with Gasteiger partial charge in [0.25, 0.3) is 0 Å². The lowest BCUT2D eigenvalue weighted by molar-refractivity contribution is 0.342. The molecule has 0 amide bonds. The molecule has 5 rings (SSSR count). The average Bonchev–Trinajstić information content (AvgIpc) is 3.25. The average molecular weight is 294 g/mol. The Balaban J connectivity index is 1.65. The molecule has 0 saturated carbocycles. The quantitative estimate of drug-likeness (QED) is 0.835. The van der Waals surface area contributed by atoms with Crippen LogP contribution in [0.15, 0.2) is 34.9 Å². The molecule has 2 aromatic rings. The van der Waals surface area contributed by atoms with Crippen LogP contribution in [0.4, 0.5) is 5.69 Å². The Morgan fingerprint density at radius 1 is 1.05 bits per heavy atom. The number of aryl methyl sites for hydroxylation is 1. The first-order valence-electron chi connectivity index (χ1n) is 8.60. The predicted octanol–water partition coefficient (Wildman–Crippen LogP) is 3.98. The molecule has 2 N–H and O–H groups in total. The molecule has 1 aromatic heterocycles. The van der Waals surface area contributed by atoms with Gasteiger partial charge in [0.1, 0.15) is 5.76 Å². The third-order valence-corrected chi connectivity index (χ3v) is 5.75. The summed E-state index contributed by atoms with van der Waals surface area (Å²) in [4.78, 5) is 0. The van der Waals surface area contributed by atoms with E-state index in [-0.39, 0.29) is 0 Å². The van der Waals surface area contributed by atoms with Gasteiger partial charge in [-0.05, 0) is 67.5 Å². The number of benzene rings is 1. The Kier molecular flexibility index (Phi) is 2.83. The third kappa shape index (κ3) is 1.78. The van der Waals surface area contributed by atoms with Crippen molar-refractivity contribution >= 4 is 5.69 Å². The zero-order valence-corrected chi connectivity index (χ0v) is 12.8. The molecule has 2 aliphatic heterocycles. The summed E-state index contributed by atoms with van der Waals surface area (Å²) in [5, 5.41) is 7.60. The molecule has 3 aliphatic rings. The summed E-state index contributed by atoms with van der Waals surface area (Å²) in [6.45, 7) is 1.10. The van der Waals surface area contributed by atoms with Crippen LogP contribution < -0.4 is 10.6 Å². The maximum absolute atomic E-state index is 5.75. The van der Waals surface area contributed by atoms with Crippen LogP contribution in [0.5, 0.6) is 0 Å². The van der Waals surface area contributed by atoms with Gasteiger partial charge in [0, 0.05) is 17.6 Å². The van der Waals surface area contributed by atoms with Gasteiger partial charge in [0.15, 0.2) is 0 Å². The topological polar surface area (TPSA) is 37.2 Å². The zero-order chi connectivity index (χ0) is 14.5. The van der Waals surface area contributed by atoms with E-state index >= 15 is 0 Å². The maximum atomic E-state index is 5.75. The van der Waals surface area contributed by atoms with Gasteiger partial charge in [-0.3, -0.25) is 0 Å². The second-order valence-electron chi connectivity index (χ2n) is 6.90. The van der Waals surface area contributed by atoms with E-state index in [4.69, 9.17) is 4.42 Å². The summed E-state index contributed by atoms with van der Waals surface area (Å²) < 4.78 is 5.75. The highest BCUT2D eigenvalue weighted by atomic mass is 16.3. The normalized spacial score (nSPS) is 29.4. The second kappa shape index (κ2) is 4.88. The van der Waals surface area contributed by atoms with E-state index in [1.54, 1.807) is 17.4 Å². The molecule has 1 fully saturated rings. The van der Waals surface area contributed by atoms with Crippen molar-refractivity contribution in [3.05, 3.63) is 53.0 Å². The van der Waals surface area contributed by atoms with Crippen molar-refractivity contribution in [3.8, 4) is 0 Å². The number of nitrogens with one attached hydrogen (secondary N) is 2. The van der Waals surface area contributed by atoms with Crippen LogP contribution in [0.1, 0.15) is 53.8 Å². The number of hydrogen-bond donors (Lipinski definition) is 2. The highest BCUT2D eigenvalue weighted by molar-refractivity contribution is 5.65. The van der Waals surface area contributed by atoms with Crippen molar-refractivity contribution in [3.63, 3.8) is 0 Å². The van der Waals surface area contributed by atoms with Gasteiger partial charge >= 0.3 is 0 Å². The lowest BCUT2D eigenvalue weighted by atomic mass is 9.78. The van der Waals surface area contributed by atoms with Gasteiger partial charge in [0.2, 0.25) is 0 Å². The fourth-order valence-corrected chi connectivity index (χ4v) is 4.71. The zero-order valence-electron chi connectivity index (χ0n) is 12.8. The largest absolute Gasteiger partial charge is 0.467 e. The minimum Gasteiger partial charge on any atom is -0.467 e. The molecule has 3 atom stereocenters. The molecule has 0 unspecified atom stereocenters. The van der Waals surface area contributed by atoms with Crippen molar-refractivity contribution in [1.82, 2.24) is 5.32 Å². The summed E-state index contributed by atoms with van der Waals surface area (Å²) in [6, 6.07) is 9.63. The molecule has 114 valence electrons. The number of fused-ring (bicyclic) bond motifs is 5. The monoisotopic (exact) mass is 294 g/mol. The molecule has 0 bridgehead atoms. The van der Waals surface area contributed by atoms with E-state index in [1.807, 2.05) is 6.07 Å². The lowest BCUT2D eigenvalue weighted by Gasteiger charge is -2.38. The number of furan rings is 1. The molecule has 1 saturated heterocycles. The molecule has 0 spiro atoms. The van der Waals surface area contributed by atoms with E-state index in [2.05, 4.69) is 28.8 Å². The molecule has 1 aromatic carbocycles. The lowest BCUT2D eigenvalue weighted by Crippen LogP contribution is -2.33. The predicted molar refractivity (Wildman–Crippen MR) is 87.0 cm³/mol. The van der Waals surface area contributed by atoms with E-state index < -0.39 is 0 Å². The molecule has 1 aliphatic carbocycles. The molecule has 3 nitrogen and oxygen atoms in total. The van der Waals surface area contributed by atoms with Gasteiger partial charge < -0.3 is 15.1 Å². The molecular formula is C19H22N2O. The van der Waals surface area contributed by atoms with Crippen molar-refractivity contribution in [1.29, 1.82) is 0 Å². The Morgan fingerprint density at radius 2 is 2.00 bits per heavy atom. The van der Waals surface area contributed by atoms with Gasteiger partial charge in [-0.2, -0.15) is 0 Å². The smallest absolute Gasteiger partial charge is 0.126 e. The Morgan fingerprint density at radius 3 is 2.91 bits per heavy atom. The number of anilines is 1. The molecule has 22 heavy (non-hydrogen) atoms. The third-order valence-electron chi connectivity index (χ3n) is 5.75. The molecule has 3 heterocycles. The summed E-state index contributed by atoms with van der Waals surface area (Å²) >= 11 is 0. The fraction of sp³-hybridized carbons (Fsp3) is 0.474. The Hall–Kier alpha value is -1.74. The molecule has 0 radical (unpaired) electrons. The highest BCUT2D eigenvalue weighted by Gasteiger charge is 2.42. The highest BCUT2D eigenvalue weighted by Crippen LogP contribution is 2.49. The van der Waals surface area contributed by atoms with E-state index in [1.165, 1.54) is 43.4 Å². The van der Waals surface area contributed by atoms with Crippen LogP contribution in [-0.4, -0.2) is 6.54 Å². The maximum Gasteiger partial charge on any atom is 0.126 e. The van der Waals surface area contributed by atoms with Gasteiger partial charge in [-0.25, -0.2) is 0 Å². The van der Waals surface area contributed by atoms with Crippen LogP contribution >= 0.6 is 0 Å². The first kappa shape index (κ1) is 12.8. The Bertz CT molecular complexity index is 692. The van der Waals surface area contributed by atoms with Crippen molar-refractivity contribution in [2.45, 2.75) is 44.2 Å². The summed E-state index contributed by atoms with van der Waals surface area (Å²) in [6.07, 6.45) is 8.10. The minimum atomic E-state index is 0.302. The summed E-state index contributed by atoms with van der Waals surface area (Å²) in [5.74, 6) is 1.66. The minimum absolute atomic E-state index is 0.302. The van der Waals surface area contributed by atoms with Crippen molar-refractivity contribution in [2.24, 2.45) is 5.92 Å². The van der Waals surface area contributed by atoms with Gasteiger partial charge in [-0.15, -0.1) is 0 Å². The number of rotatable bonds is 1. The van der Waals surface area contributed by atoms with Gasteiger partial charge in [0.05, 0.1) is 12.3 Å². The van der Waals surface area contributed by atoms with Crippen molar-refractivity contribution in [2.75, 3.05) is 11.9 Å². The van der Waals surface area contributed by atoms with E-state index in [0.29, 0.717) is 18.0 Å².